The summed E-state index contributed by atoms with van der Waals surface area (Å²) in [5.74, 6) is -0.787. The Morgan fingerprint density at radius 3 is 2.25 bits per heavy atom. The summed E-state index contributed by atoms with van der Waals surface area (Å²) in [6, 6.07) is 3.44. The van der Waals surface area contributed by atoms with Crippen LogP contribution < -0.4 is 10.6 Å². The first-order valence-electron chi connectivity index (χ1n) is 14.4. The third-order valence-corrected chi connectivity index (χ3v) is 7.83. The Bertz CT molecular complexity index is 1230. The number of hydrogen-bond donors (Lipinski definition) is 2. The number of anilines is 2. The molecule has 0 spiro atoms. The lowest BCUT2D eigenvalue weighted by Crippen LogP contribution is -2.39. The number of carbonyl (C=O) groups is 3. The first-order chi connectivity index (χ1) is 18.9. The van der Waals surface area contributed by atoms with E-state index < -0.39 is 23.5 Å². The second kappa shape index (κ2) is 12.4. The van der Waals surface area contributed by atoms with Gasteiger partial charge in [0.1, 0.15) is 28.8 Å². The molecular weight excluding hydrogens is 512 g/mol. The van der Waals surface area contributed by atoms with Crippen LogP contribution in [0.4, 0.5) is 16.2 Å². The lowest BCUT2D eigenvalue weighted by molar-refractivity contribution is -0.164. The second-order valence-corrected chi connectivity index (χ2v) is 12.1. The molecule has 2 aliphatic rings. The van der Waals surface area contributed by atoms with E-state index in [0.717, 1.165) is 25.7 Å². The highest BCUT2D eigenvalue weighted by molar-refractivity contribution is 5.96. The van der Waals surface area contributed by atoms with Crippen LogP contribution in [0.3, 0.4) is 0 Å². The molecule has 0 radical (unpaired) electrons. The highest BCUT2D eigenvalue weighted by Crippen LogP contribution is 2.35. The van der Waals surface area contributed by atoms with E-state index in [2.05, 4.69) is 20.8 Å². The van der Waals surface area contributed by atoms with Gasteiger partial charge in [0, 0.05) is 0 Å². The third kappa shape index (κ3) is 7.20. The number of hydrogen-bond acceptors (Lipinski definition) is 8. The van der Waals surface area contributed by atoms with Gasteiger partial charge in [0.25, 0.3) is 0 Å². The number of aryl methyl sites for hydroxylation is 2. The molecule has 40 heavy (non-hydrogen) atoms. The van der Waals surface area contributed by atoms with E-state index in [4.69, 9.17) is 14.0 Å². The van der Waals surface area contributed by atoms with Crippen molar-refractivity contribution in [1.82, 2.24) is 10.1 Å². The molecule has 2 N–H and O–H groups in total. The number of pyridine rings is 1. The first kappa shape index (κ1) is 29.6. The fourth-order valence-electron chi connectivity index (χ4n) is 5.66. The Morgan fingerprint density at radius 2 is 1.60 bits per heavy atom. The van der Waals surface area contributed by atoms with E-state index in [1.54, 1.807) is 26.0 Å². The summed E-state index contributed by atoms with van der Waals surface area (Å²) < 4.78 is 16.7. The Labute approximate surface area is 236 Å². The Morgan fingerprint density at radius 1 is 0.950 bits per heavy atom. The highest BCUT2D eigenvalue weighted by Gasteiger charge is 2.38. The molecule has 10 nitrogen and oxygen atoms in total. The Hall–Kier alpha value is -3.43. The van der Waals surface area contributed by atoms with Gasteiger partial charge in [-0.05, 0) is 85.3 Å². The summed E-state index contributed by atoms with van der Waals surface area (Å²) in [6.07, 6.45) is 6.78. The molecule has 0 saturated heterocycles. The molecule has 2 aromatic heterocycles. The van der Waals surface area contributed by atoms with Crippen LogP contribution in [0.1, 0.15) is 90.4 Å². The molecule has 0 bridgehead atoms. The number of rotatable bonds is 7. The topological polar surface area (TPSA) is 133 Å². The molecule has 2 aliphatic carbocycles. The number of amides is 2. The zero-order valence-corrected chi connectivity index (χ0v) is 24.5. The number of carbonyl (C=O) groups excluding carboxylic acids is 3. The van der Waals surface area contributed by atoms with Crippen LogP contribution in [-0.2, 0) is 19.1 Å². The summed E-state index contributed by atoms with van der Waals surface area (Å²) in [5.41, 5.74) is 1.85. The molecule has 4 rings (SSSR count). The zero-order valence-electron chi connectivity index (χ0n) is 24.5. The van der Waals surface area contributed by atoms with Crippen LogP contribution in [0, 0.1) is 31.6 Å². The normalized spacial score (nSPS) is 20.6. The molecular formula is C30H42N4O6. The number of ether oxygens (including phenoxy) is 2. The summed E-state index contributed by atoms with van der Waals surface area (Å²) in [5, 5.41) is 9.76. The first-order valence-corrected chi connectivity index (χ1v) is 14.4. The van der Waals surface area contributed by atoms with Gasteiger partial charge in [0.2, 0.25) is 11.7 Å². The van der Waals surface area contributed by atoms with Gasteiger partial charge < -0.3 is 19.3 Å². The SMILES string of the molecule is Cc1nc(-c2onc(C)c2NC(=O)O[C@H](C)C2CCCC2)ccc1NC(=O)[C@H]1CCCC[C@@H]1C(=O)OC(C)(C)C. The van der Waals surface area contributed by atoms with E-state index in [-0.39, 0.29) is 18.0 Å². The number of aromatic nitrogens is 2. The van der Waals surface area contributed by atoms with Crippen molar-refractivity contribution in [2.45, 2.75) is 105 Å². The summed E-state index contributed by atoms with van der Waals surface area (Å²) in [7, 11) is 0. The predicted molar refractivity (Wildman–Crippen MR) is 151 cm³/mol. The summed E-state index contributed by atoms with van der Waals surface area (Å²) in [4.78, 5) is 43.4. The minimum absolute atomic E-state index is 0.173. The average molecular weight is 555 g/mol. The molecule has 2 heterocycles. The molecule has 2 saturated carbocycles. The molecule has 0 aromatic carbocycles. The average Bonchev–Trinajstić information content (AvgIpc) is 3.55. The smallest absolute Gasteiger partial charge is 0.412 e. The second-order valence-electron chi connectivity index (χ2n) is 12.1. The summed E-state index contributed by atoms with van der Waals surface area (Å²) >= 11 is 0. The maximum absolute atomic E-state index is 13.3. The van der Waals surface area contributed by atoms with Gasteiger partial charge in [0.15, 0.2) is 0 Å². The molecule has 2 amide bonds. The highest BCUT2D eigenvalue weighted by atomic mass is 16.6. The molecule has 0 unspecified atom stereocenters. The van der Waals surface area contributed by atoms with Crippen molar-refractivity contribution >= 4 is 29.3 Å². The predicted octanol–water partition coefficient (Wildman–Crippen LogP) is 6.57. The maximum Gasteiger partial charge on any atom is 0.412 e. The van der Waals surface area contributed by atoms with Crippen LogP contribution in [0.15, 0.2) is 16.7 Å². The minimum Gasteiger partial charge on any atom is -0.460 e. The standard InChI is InChI=1S/C30H42N4O6/c1-17-23(32-27(35)21-13-9-10-14-22(21)28(36)39-30(4,5)6)15-16-24(31-17)26-25(18(2)34-40-26)33-29(37)38-19(3)20-11-7-8-12-20/h15-16,19-22H,7-14H2,1-6H3,(H,32,35)(H,33,37)/t19-,21+,22+/m1/s1. The number of esters is 1. The summed E-state index contributed by atoms with van der Waals surface area (Å²) in [6.45, 7) is 10.9. The molecule has 2 fully saturated rings. The molecule has 218 valence electrons. The Kier molecular flexibility index (Phi) is 9.15. The van der Waals surface area contributed by atoms with E-state index in [9.17, 15) is 14.4 Å². The number of nitrogens with zero attached hydrogens (tertiary/aromatic N) is 2. The quantitative estimate of drug-likeness (QED) is 0.367. The monoisotopic (exact) mass is 554 g/mol. The van der Waals surface area contributed by atoms with Crippen LogP contribution in [0.2, 0.25) is 0 Å². The lowest BCUT2D eigenvalue weighted by Gasteiger charge is -2.31. The molecule has 10 heteroatoms. The fraction of sp³-hybridized carbons (Fsp3) is 0.633. The van der Waals surface area contributed by atoms with Crippen molar-refractivity contribution < 1.29 is 28.4 Å². The Balaban J connectivity index is 1.44. The van der Waals surface area contributed by atoms with Crippen molar-refractivity contribution in [3.05, 3.63) is 23.5 Å². The van der Waals surface area contributed by atoms with Gasteiger partial charge in [-0.1, -0.05) is 30.8 Å². The van der Waals surface area contributed by atoms with Gasteiger partial charge >= 0.3 is 12.1 Å². The van der Waals surface area contributed by atoms with E-state index in [1.165, 1.54) is 12.8 Å². The van der Waals surface area contributed by atoms with Gasteiger partial charge in [-0.15, -0.1) is 0 Å². The lowest BCUT2D eigenvalue weighted by atomic mass is 9.78. The fourth-order valence-corrected chi connectivity index (χ4v) is 5.66. The van der Waals surface area contributed by atoms with E-state index >= 15 is 0 Å². The van der Waals surface area contributed by atoms with Crippen LogP contribution in [0.5, 0.6) is 0 Å². The van der Waals surface area contributed by atoms with Crippen molar-refractivity contribution in [3.8, 4) is 11.5 Å². The van der Waals surface area contributed by atoms with Gasteiger partial charge in [-0.2, -0.15) is 0 Å². The van der Waals surface area contributed by atoms with Gasteiger partial charge in [0.05, 0.1) is 23.2 Å². The van der Waals surface area contributed by atoms with Crippen molar-refractivity contribution in [1.29, 1.82) is 0 Å². The van der Waals surface area contributed by atoms with Crippen molar-refractivity contribution in [3.63, 3.8) is 0 Å². The van der Waals surface area contributed by atoms with Crippen LogP contribution >= 0.6 is 0 Å². The zero-order chi connectivity index (χ0) is 29.0. The van der Waals surface area contributed by atoms with E-state index in [1.807, 2.05) is 27.7 Å². The van der Waals surface area contributed by atoms with Crippen molar-refractivity contribution in [2.24, 2.45) is 17.8 Å². The molecule has 2 aromatic rings. The molecule has 0 aliphatic heterocycles. The van der Waals surface area contributed by atoms with Crippen molar-refractivity contribution in [2.75, 3.05) is 10.6 Å². The van der Waals surface area contributed by atoms with Gasteiger partial charge in [-0.25, -0.2) is 9.78 Å². The third-order valence-electron chi connectivity index (χ3n) is 7.83. The van der Waals surface area contributed by atoms with E-state index in [0.29, 0.717) is 53.0 Å². The van der Waals surface area contributed by atoms with Crippen LogP contribution in [0.25, 0.3) is 11.5 Å². The number of nitrogens with one attached hydrogen (secondary N) is 2. The molecule has 3 atom stereocenters. The maximum atomic E-state index is 13.3. The largest absolute Gasteiger partial charge is 0.460 e. The minimum atomic E-state index is -0.608. The van der Waals surface area contributed by atoms with Crippen LogP contribution in [-0.4, -0.2) is 39.8 Å². The van der Waals surface area contributed by atoms with Gasteiger partial charge in [-0.3, -0.25) is 14.9 Å².